The number of nitrogens with zero attached hydrogens (tertiary/aromatic N) is 2. The number of aromatic nitrogens is 1. The number of rotatable bonds is 6. The minimum atomic E-state index is -3.34. The topological polar surface area (TPSA) is 82.5 Å². The van der Waals surface area contributed by atoms with Crippen LogP contribution in [0.3, 0.4) is 0 Å². The van der Waals surface area contributed by atoms with Crippen LogP contribution < -0.4 is 5.32 Å². The Morgan fingerprint density at radius 2 is 2.11 bits per heavy atom. The number of pyridine rings is 1. The highest BCUT2D eigenvalue weighted by Gasteiger charge is 2.22. The SMILES string of the molecule is CN(C)CC(C)(O)CNc1ncccc1S(C)(=O)=O. The zero-order valence-electron chi connectivity index (χ0n) is 11.7. The number of hydrogen-bond donors (Lipinski definition) is 2. The molecule has 0 spiro atoms. The molecule has 1 aromatic rings. The zero-order chi connectivity index (χ0) is 14.7. The molecule has 6 nitrogen and oxygen atoms in total. The molecule has 7 heteroatoms. The molecule has 0 radical (unpaired) electrons. The van der Waals surface area contributed by atoms with Crippen molar-refractivity contribution >= 4 is 15.7 Å². The van der Waals surface area contributed by atoms with Crippen molar-refractivity contribution in [3.8, 4) is 0 Å². The molecule has 19 heavy (non-hydrogen) atoms. The second kappa shape index (κ2) is 5.85. The summed E-state index contributed by atoms with van der Waals surface area (Å²) in [5, 5.41) is 13.1. The second-order valence-electron chi connectivity index (χ2n) is 5.21. The number of sulfone groups is 1. The summed E-state index contributed by atoms with van der Waals surface area (Å²) in [5.74, 6) is 0.268. The van der Waals surface area contributed by atoms with Crippen molar-refractivity contribution < 1.29 is 13.5 Å². The highest BCUT2D eigenvalue weighted by molar-refractivity contribution is 7.90. The Labute approximate surface area is 114 Å². The van der Waals surface area contributed by atoms with Gasteiger partial charge in [0.2, 0.25) is 0 Å². The first-order valence-electron chi connectivity index (χ1n) is 5.88. The highest BCUT2D eigenvalue weighted by Crippen LogP contribution is 2.18. The second-order valence-corrected chi connectivity index (χ2v) is 7.19. The lowest BCUT2D eigenvalue weighted by Crippen LogP contribution is -2.43. The van der Waals surface area contributed by atoms with Gasteiger partial charge < -0.3 is 15.3 Å². The summed E-state index contributed by atoms with van der Waals surface area (Å²) in [5.41, 5.74) is -0.976. The van der Waals surface area contributed by atoms with Gasteiger partial charge in [-0.15, -0.1) is 0 Å². The van der Waals surface area contributed by atoms with E-state index in [1.54, 1.807) is 13.0 Å². The fourth-order valence-electron chi connectivity index (χ4n) is 1.83. The van der Waals surface area contributed by atoms with Gasteiger partial charge in [-0.1, -0.05) is 0 Å². The van der Waals surface area contributed by atoms with Crippen LogP contribution in [0.15, 0.2) is 23.2 Å². The molecule has 0 fully saturated rings. The van der Waals surface area contributed by atoms with Crippen molar-refractivity contribution in [2.45, 2.75) is 17.4 Å². The summed E-state index contributed by atoms with van der Waals surface area (Å²) in [6, 6.07) is 3.06. The Morgan fingerprint density at radius 1 is 1.47 bits per heavy atom. The van der Waals surface area contributed by atoms with Gasteiger partial charge in [0.25, 0.3) is 0 Å². The third-order valence-corrected chi connectivity index (χ3v) is 3.59. The summed E-state index contributed by atoms with van der Waals surface area (Å²) in [6.07, 6.45) is 2.64. The van der Waals surface area contributed by atoms with Gasteiger partial charge in [0.15, 0.2) is 9.84 Å². The maximum absolute atomic E-state index is 11.6. The fraction of sp³-hybridized carbons (Fsp3) is 0.583. The van der Waals surface area contributed by atoms with Crippen molar-refractivity contribution in [3.05, 3.63) is 18.3 Å². The first-order valence-corrected chi connectivity index (χ1v) is 7.77. The minimum absolute atomic E-state index is 0.135. The molecule has 0 saturated heterocycles. The Hall–Kier alpha value is -1.18. The van der Waals surface area contributed by atoms with Crippen molar-refractivity contribution in [1.82, 2.24) is 9.88 Å². The van der Waals surface area contributed by atoms with Crippen LogP contribution in [0.5, 0.6) is 0 Å². The van der Waals surface area contributed by atoms with E-state index in [4.69, 9.17) is 0 Å². The van der Waals surface area contributed by atoms with E-state index in [-0.39, 0.29) is 17.3 Å². The van der Waals surface area contributed by atoms with Crippen LogP contribution in [0.1, 0.15) is 6.92 Å². The van der Waals surface area contributed by atoms with E-state index >= 15 is 0 Å². The molecule has 0 aromatic carbocycles. The minimum Gasteiger partial charge on any atom is -0.387 e. The lowest BCUT2D eigenvalue weighted by molar-refractivity contribution is 0.0458. The molecule has 0 bridgehead atoms. The van der Waals surface area contributed by atoms with Gasteiger partial charge in [0.05, 0.1) is 5.60 Å². The number of aliphatic hydroxyl groups is 1. The fourth-order valence-corrected chi connectivity index (χ4v) is 2.64. The van der Waals surface area contributed by atoms with Crippen molar-refractivity contribution in [2.75, 3.05) is 38.8 Å². The van der Waals surface area contributed by atoms with E-state index in [0.717, 1.165) is 6.26 Å². The van der Waals surface area contributed by atoms with E-state index in [1.165, 1.54) is 12.3 Å². The quantitative estimate of drug-likeness (QED) is 0.778. The van der Waals surface area contributed by atoms with E-state index < -0.39 is 15.4 Å². The molecule has 0 amide bonds. The molecule has 0 aliphatic rings. The Morgan fingerprint density at radius 3 is 2.63 bits per heavy atom. The standard InChI is InChI=1S/C12H21N3O3S/c1-12(16,9-15(2)3)8-14-11-10(19(4,17)18)6-5-7-13-11/h5-7,16H,8-9H2,1-4H3,(H,13,14). The van der Waals surface area contributed by atoms with Gasteiger partial charge in [0.1, 0.15) is 10.7 Å². The summed E-state index contributed by atoms with van der Waals surface area (Å²) in [4.78, 5) is 6.01. The lowest BCUT2D eigenvalue weighted by Gasteiger charge is -2.27. The van der Waals surface area contributed by atoms with E-state index in [2.05, 4.69) is 10.3 Å². The van der Waals surface area contributed by atoms with Crippen LogP contribution in [0.2, 0.25) is 0 Å². The molecule has 1 heterocycles. The van der Waals surface area contributed by atoms with E-state index in [0.29, 0.717) is 6.54 Å². The van der Waals surface area contributed by atoms with Crippen LogP contribution in [-0.2, 0) is 9.84 Å². The molecular formula is C12H21N3O3S. The summed E-state index contributed by atoms with van der Waals surface area (Å²) in [7, 11) is 0.375. The molecule has 0 aliphatic carbocycles. The Kier molecular flexibility index (Phi) is 4.89. The van der Waals surface area contributed by atoms with Gasteiger partial charge in [-0.2, -0.15) is 0 Å². The molecule has 1 atom stereocenters. The number of likely N-dealkylation sites (N-methyl/N-ethyl adjacent to an activating group) is 1. The van der Waals surface area contributed by atoms with Crippen molar-refractivity contribution in [1.29, 1.82) is 0 Å². The zero-order valence-corrected chi connectivity index (χ0v) is 12.5. The predicted octanol–water partition coefficient (Wildman–Crippen LogP) is 0.210. The van der Waals surface area contributed by atoms with Crippen LogP contribution >= 0.6 is 0 Å². The Balaban J connectivity index is 2.85. The first kappa shape index (κ1) is 15.9. The van der Waals surface area contributed by atoms with Gasteiger partial charge in [0, 0.05) is 25.5 Å². The molecule has 0 aliphatic heterocycles. The largest absolute Gasteiger partial charge is 0.387 e. The maximum Gasteiger partial charge on any atom is 0.179 e. The van der Waals surface area contributed by atoms with Crippen LogP contribution in [0.25, 0.3) is 0 Å². The molecule has 108 valence electrons. The lowest BCUT2D eigenvalue weighted by atomic mass is 10.1. The number of nitrogens with one attached hydrogen (secondary N) is 1. The third kappa shape index (κ3) is 5.14. The van der Waals surface area contributed by atoms with Crippen LogP contribution in [0, 0.1) is 0 Å². The molecule has 1 rings (SSSR count). The average molecular weight is 287 g/mol. The molecule has 2 N–H and O–H groups in total. The maximum atomic E-state index is 11.6. The van der Waals surface area contributed by atoms with Gasteiger partial charge >= 0.3 is 0 Å². The molecule has 1 aromatic heterocycles. The van der Waals surface area contributed by atoms with Crippen molar-refractivity contribution in [3.63, 3.8) is 0 Å². The van der Waals surface area contributed by atoms with Gasteiger partial charge in [-0.25, -0.2) is 13.4 Å². The third-order valence-electron chi connectivity index (χ3n) is 2.46. The van der Waals surface area contributed by atoms with E-state index in [9.17, 15) is 13.5 Å². The van der Waals surface area contributed by atoms with Gasteiger partial charge in [-0.05, 0) is 33.2 Å². The molecule has 0 saturated carbocycles. The summed E-state index contributed by atoms with van der Waals surface area (Å²) in [6.45, 7) is 2.36. The Bertz CT molecular complexity index is 527. The highest BCUT2D eigenvalue weighted by atomic mass is 32.2. The number of anilines is 1. The van der Waals surface area contributed by atoms with Crippen LogP contribution in [-0.4, -0.2) is 62.4 Å². The smallest absolute Gasteiger partial charge is 0.179 e. The molecular weight excluding hydrogens is 266 g/mol. The normalized spacial score (nSPS) is 15.3. The monoisotopic (exact) mass is 287 g/mol. The average Bonchev–Trinajstić information content (AvgIpc) is 2.24. The number of hydrogen-bond acceptors (Lipinski definition) is 6. The summed E-state index contributed by atoms with van der Waals surface area (Å²) >= 11 is 0. The van der Waals surface area contributed by atoms with E-state index in [1.807, 2.05) is 19.0 Å². The summed E-state index contributed by atoms with van der Waals surface area (Å²) < 4.78 is 23.2. The first-order chi connectivity index (χ1) is 8.62. The van der Waals surface area contributed by atoms with Crippen molar-refractivity contribution in [2.24, 2.45) is 0 Å². The van der Waals surface area contributed by atoms with Crippen LogP contribution in [0.4, 0.5) is 5.82 Å². The predicted molar refractivity (Wildman–Crippen MR) is 75.0 cm³/mol. The van der Waals surface area contributed by atoms with Gasteiger partial charge in [-0.3, -0.25) is 0 Å². The molecule has 1 unspecified atom stereocenters.